The second kappa shape index (κ2) is 12.5. The third kappa shape index (κ3) is 7.98. The fourth-order valence-corrected chi connectivity index (χ4v) is 4.48. The Kier molecular flexibility index (Phi) is 9.63. The Bertz CT molecular complexity index is 1220. The molecule has 0 aliphatic carbocycles. The van der Waals surface area contributed by atoms with Gasteiger partial charge in [-0.25, -0.2) is 0 Å². The molecular weight excluding hydrogens is 507 g/mol. The van der Waals surface area contributed by atoms with Crippen LogP contribution >= 0.6 is 23.2 Å². The maximum Gasteiger partial charge on any atom is 0.261 e. The van der Waals surface area contributed by atoms with Crippen LogP contribution in [-0.2, 0) is 22.6 Å². The van der Waals surface area contributed by atoms with Crippen molar-refractivity contribution in [1.82, 2.24) is 10.2 Å². The Morgan fingerprint density at radius 3 is 2.16 bits per heavy atom. The van der Waals surface area contributed by atoms with E-state index in [0.717, 1.165) is 16.7 Å². The van der Waals surface area contributed by atoms with Crippen molar-refractivity contribution in [2.75, 3.05) is 6.61 Å². The summed E-state index contributed by atoms with van der Waals surface area (Å²) in [5.41, 5.74) is 3.04. The van der Waals surface area contributed by atoms with E-state index in [-0.39, 0.29) is 25.0 Å². The molecule has 3 aromatic rings. The fourth-order valence-electron chi connectivity index (χ4n) is 3.96. The summed E-state index contributed by atoms with van der Waals surface area (Å²) in [6.07, 6.45) is 0.319. The summed E-state index contributed by atoms with van der Waals surface area (Å²) in [6, 6.07) is 19.7. The number of ether oxygens (including phenoxy) is 1. The minimum Gasteiger partial charge on any atom is -0.483 e. The number of nitrogens with zero attached hydrogens (tertiary/aromatic N) is 1. The van der Waals surface area contributed by atoms with Crippen LogP contribution < -0.4 is 10.1 Å². The van der Waals surface area contributed by atoms with Gasteiger partial charge in [-0.05, 0) is 69.5 Å². The van der Waals surface area contributed by atoms with Crippen LogP contribution in [0.15, 0.2) is 66.7 Å². The van der Waals surface area contributed by atoms with Gasteiger partial charge >= 0.3 is 0 Å². The molecule has 2 amide bonds. The average molecular weight is 542 g/mol. The number of hydrogen-bond donors (Lipinski definition) is 1. The van der Waals surface area contributed by atoms with Crippen molar-refractivity contribution in [2.45, 2.75) is 59.2 Å². The zero-order chi connectivity index (χ0) is 27.2. The highest BCUT2D eigenvalue weighted by atomic mass is 35.5. The zero-order valence-electron chi connectivity index (χ0n) is 22.0. The Labute approximate surface area is 229 Å². The Morgan fingerprint density at radius 1 is 0.919 bits per heavy atom. The van der Waals surface area contributed by atoms with Crippen molar-refractivity contribution in [3.63, 3.8) is 0 Å². The van der Waals surface area contributed by atoms with E-state index in [9.17, 15) is 9.59 Å². The van der Waals surface area contributed by atoms with Crippen LogP contribution in [-0.4, -0.2) is 34.9 Å². The van der Waals surface area contributed by atoms with Crippen molar-refractivity contribution in [1.29, 1.82) is 0 Å². The van der Waals surface area contributed by atoms with Gasteiger partial charge in [-0.15, -0.1) is 0 Å². The van der Waals surface area contributed by atoms with Gasteiger partial charge in [-0.1, -0.05) is 71.7 Å². The van der Waals surface area contributed by atoms with Crippen LogP contribution in [0.25, 0.3) is 0 Å². The molecule has 0 fully saturated rings. The second-order valence-electron chi connectivity index (χ2n) is 10.2. The molecule has 0 spiro atoms. The first-order chi connectivity index (χ1) is 17.5. The molecule has 1 N–H and O–H groups in total. The number of amides is 2. The maximum absolute atomic E-state index is 13.8. The molecule has 196 valence electrons. The number of benzene rings is 3. The summed E-state index contributed by atoms with van der Waals surface area (Å²) in [5.74, 6) is 0.0179. The summed E-state index contributed by atoms with van der Waals surface area (Å²) >= 11 is 13.0. The molecule has 0 radical (unpaired) electrons. The van der Waals surface area contributed by atoms with E-state index >= 15 is 0 Å². The molecule has 7 heteroatoms. The summed E-state index contributed by atoms with van der Waals surface area (Å²) in [4.78, 5) is 28.9. The minimum atomic E-state index is -0.816. The number of carbonyl (C=O) groups is 2. The number of hydrogen-bond acceptors (Lipinski definition) is 3. The molecule has 0 heterocycles. The number of nitrogens with one attached hydrogen (secondary N) is 1. The summed E-state index contributed by atoms with van der Waals surface area (Å²) in [7, 11) is 0. The predicted octanol–water partition coefficient (Wildman–Crippen LogP) is 6.54. The van der Waals surface area contributed by atoms with Crippen LogP contribution in [0.4, 0.5) is 0 Å². The first-order valence-corrected chi connectivity index (χ1v) is 13.0. The summed E-state index contributed by atoms with van der Waals surface area (Å²) in [6.45, 7) is 9.48. The first kappa shape index (κ1) is 28.5. The highest BCUT2D eigenvalue weighted by molar-refractivity contribution is 6.36. The molecule has 0 aliphatic rings. The molecule has 0 aromatic heterocycles. The number of carbonyl (C=O) groups excluding carboxylic acids is 2. The highest BCUT2D eigenvalue weighted by Crippen LogP contribution is 2.28. The van der Waals surface area contributed by atoms with E-state index in [1.54, 1.807) is 18.2 Å². The van der Waals surface area contributed by atoms with Gasteiger partial charge < -0.3 is 15.0 Å². The van der Waals surface area contributed by atoms with E-state index in [0.29, 0.717) is 27.8 Å². The van der Waals surface area contributed by atoms with Crippen LogP contribution in [0.2, 0.25) is 10.0 Å². The normalized spacial score (nSPS) is 12.1. The number of aryl methyl sites for hydroxylation is 1. The molecule has 3 aromatic carbocycles. The van der Waals surface area contributed by atoms with E-state index in [1.807, 2.05) is 83.1 Å². The van der Waals surface area contributed by atoms with E-state index in [2.05, 4.69) is 5.32 Å². The van der Waals surface area contributed by atoms with Gasteiger partial charge in [0.25, 0.3) is 5.91 Å². The lowest BCUT2D eigenvalue weighted by Gasteiger charge is -2.34. The molecule has 3 rings (SSSR count). The van der Waals surface area contributed by atoms with Crippen LogP contribution in [0.1, 0.15) is 43.0 Å². The SMILES string of the molecule is Cc1cccc(OCC(=O)N(Cc2c(Cl)cccc2Cl)[C@H](Cc2ccccc2)C(=O)NC(C)(C)C)c1C. The van der Waals surface area contributed by atoms with Gasteiger partial charge in [0.15, 0.2) is 6.61 Å². The first-order valence-electron chi connectivity index (χ1n) is 12.2. The van der Waals surface area contributed by atoms with E-state index in [1.165, 1.54) is 4.90 Å². The molecule has 37 heavy (non-hydrogen) atoms. The summed E-state index contributed by atoms with van der Waals surface area (Å²) < 4.78 is 5.95. The van der Waals surface area contributed by atoms with E-state index < -0.39 is 11.6 Å². The molecule has 0 saturated heterocycles. The van der Waals surface area contributed by atoms with Crippen LogP contribution in [0.5, 0.6) is 5.75 Å². The van der Waals surface area contributed by atoms with Gasteiger partial charge in [0, 0.05) is 34.1 Å². The third-order valence-electron chi connectivity index (χ3n) is 6.07. The lowest BCUT2D eigenvalue weighted by Crippen LogP contribution is -2.55. The smallest absolute Gasteiger partial charge is 0.261 e. The van der Waals surface area contributed by atoms with Gasteiger partial charge in [-0.2, -0.15) is 0 Å². The second-order valence-corrected chi connectivity index (χ2v) is 11.0. The van der Waals surface area contributed by atoms with Gasteiger partial charge in [0.05, 0.1) is 0 Å². The topological polar surface area (TPSA) is 58.6 Å². The number of halogens is 2. The monoisotopic (exact) mass is 540 g/mol. The Morgan fingerprint density at radius 2 is 1.54 bits per heavy atom. The molecule has 1 atom stereocenters. The standard InChI is InChI=1S/C30H34Cl2N2O3/c1-20-11-9-16-27(21(20)2)37-19-28(35)34(18-23-24(31)14-10-15-25(23)32)26(29(36)33-30(3,4)5)17-22-12-7-6-8-13-22/h6-16,26H,17-19H2,1-5H3,(H,33,36)/t26-/m1/s1. The number of rotatable bonds is 9. The van der Waals surface area contributed by atoms with Gasteiger partial charge in [-0.3, -0.25) is 9.59 Å². The Balaban J connectivity index is 2.00. The van der Waals surface area contributed by atoms with Gasteiger partial charge in [0.2, 0.25) is 5.91 Å². The molecule has 0 saturated carbocycles. The lowest BCUT2D eigenvalue weighted by molar-refractivity contribution is -0.143. The molecule has 0 bridgehead atoms. The molecule has 0 aliphatic heterocycles. The van der Waals surface area contributed by atoms with E-state index in [4.69, 9.17) is 27.9 Å². The Hall–Kier alpha value is -3.02. The average Bonchev–Trinajstić information content (AvgIpc) is 2.83. The van der Waals surface area contributed by atoms with Crippen LogP contribution in [0, 0.1) is 13.8 Å². The lowest BCUT2D eigenvalue weighted by atomic mass is 10.0. The van der Waals surface area contributed by atoms with Crippen molar-refractivity contribution in [3.05, 3.63) is 99.0 Å². The van der Waals surface area contributed by atoms with Crippen molar-refractivity contribution in [3.8, 4) is 5.75 Å². The largest absolute Gasteiger partial charge is 0.483 e. The molecular formula is C30H34Cl2N2O3. The summed E-state index contributed by atoms with van der Waals surface area (Å²) in [5, 5.41) is 3.89. The van der Waals surface area contributed by atoms with Crippen molar-refractivity contribution < 1.29 is 14.3 Å². The minimum absolute atomic E-state index is 0.0581. The molecule has 5 nitrogen and oxygen atoms in total. The zero-order valence-corrected chi connectivity index (χ0v) is 23.5. The van der Waals surface area contributed by atoms with Gasteiger partial charge in [0.1, 0.15) is 11.8 Å². The van der Waals surface area contributed by atoms with Crippen molar-refractivity contribution in [2.24, 2.45) is 0 Å². The predicted molar refractivity (Wildman–Crippen MR) is 150 cm³/mol. The molecule has 0 unspecified atom stereocenters. The highest BCUT2D eigenvalue weighted by Gasteiger charge is 2.33. The third-order valence-corrected chi connectivity index (χ3v) is 6.77. The maximum atomic E-state index is 13.8. The quantitative estimate of drug-likeness (QED) is 0.335. The fraction of sp³-hybridized carbons (Fsp3) is 0.333. The van der Waals surface area contributed by atoms with Crippen molar-refractivity contribution >= 4 is 35.0 Å². The van der Waals surface area contributed by atoms with Crippen LogP contribution in [0.3, 0.4) is 0 Å².